The van der Waals surface area contributed by atoms with Crippen molar-refractivity contribution >= 4 is 15.9 Å². The van der Waals surface area contributed by atoms with Gasteiger partial charge in [0.2, 0.25) is 0 Å². The van der Waals surface area contributed by atoms with Gasteiger partial charge in [-0.05, 0) is 43.8 Å². The van der Waals surface area contributed by atoms with Gasteiger partial charge in [-0.15, -0.1) is 0 Å². The fourth-order valence-corrected chi connectivity index (χ4v) is 3.05. The lowest BCUT2D eigenvalue weighted by molar-refractivity contribution is 0.400. The van der Waals surface area contributed by atoms with E-state index >= 15 is 0 Å². The second-order valence-corrected chi connectivity index (χ2v) is 6.48. The monoisotopic (exact) mass is 346 g/mol. The topological polar surface area (TPSA) is 15.3 Å². The van der Waals surface area contributed by atoms with Crippen LogP contribution in [0.5, 0.6) is 0 Å². The molecule has 3 heteroatoms. The Morgan fingerprint density at radius 1 is 1.00 bits per heavy atom. The summed E-state index contributed by atoms with van der Waals surface area (Å²) in [5.41, 5.74) is 4.04. The molecule has 0 fully saturated rings. The van der Waals surface area contributed by atoms with Crippen LogP contribution in [0.3, 0.4) is 0 Å². The summed E-state index contributed by atoms with van der Waals surface area (Å²) in [5.74, 6) is 0. The van der Waals surface area contributed by atoms with E-state index < -0.39 is 0 Å². The second kappa shape index (κ2) is 7.74. The van der Waals surface area contributed by atoms with Crippen LogP contribution in [0.4, 0.5) is 0 Å². The van der Waals surface area contributed by atoms with Gasteiger partial charge in [-0.3, -0.25) is 0 Å². The van der Waals surface area contributed by atoms with Crippen molar-refractivity contribution in [1.82, 2.24) is 10.2 Å². The summed E-state index contributed by atoms with van der Waals surface area (Å²) in [7, 11) is 4.21. The smallest absolute Gasteiger partial charge is 0.0306 e. The maximum Gasteiger partial charge on any atom is 0.0306 e. The Balaban J connectivity index is 2.05. The Bertz CT molecular complexity index is 581. The van der Waals surface area contributed by atoms with Gasteiger partial charge in [0.15, 0.2) is 0 Å². The number of benzene rings is 2. The standard InChI is InChI=1S/C18H23BrN2/c1-14(17-10-6-7-11-18(17)19)20-12-15-8-4-5-9-16(15)13-21(2)3/h4-11,14,20H,12-13H2,1-3H3. The summed E-state index contributed by atoms with van der Waals surface area (Å²) >= 11 is 3.62. The molecule has 0 aliphatic heterocycles. The molecular formula is C18H23BrN2. The Kier molecular flexibility index (Phi) is 5.97. The molecule has 0 radical (unpaired) electrons. The Hall–Kier alpha value is -1.16. The van der Waals surface area contributed by atoms with Crippen molar-refractivity contribution in [2.45, 2.75) is 26.1 Å². The Morgan fingerprint density at radius 2 is 1.62 bits per heavy atom. The third kappa shape index (κ3) is 4.67. The van der Waals surface area contributed by atoms with Gasteiger partial charge in [-0.25, -0.2) is 0 Å². The predicted molar refractivity (Wildman–Crippen MR) is 93.2 cm³/mol. The van der Waals surface area contributed by atoms with Gasteiger partial charge >= 0.3 is 0 Å². The van der Waals surface area contributed by atoms with Crippen LogP contribution in [0.2, 0.25) is 0 Å². The maximum atomic E-state index is 3.62. The fraction of sp³-hybridized carbons (Fsp3) is 0.333. The molecule has 1 unspecified atom stereocenters. The van der Waals surface area contributed by atoms with Crippen molar-refractivity contribution in [3.05, 3.63) is 69.7 Å². The van der Waals surface area contributed by atoms with Crippen molar-refractivity contribution in [2.24, 2.45) is 0 Å². The van der Waals surface area contributed by atoms with Gasteiger partial charge in [-0.1, -0.05) is 58.4 Å². The van der Waals surface area contributed by atoms with E-state index in [4.69, 9.17) is 0 Å². The Labute approximate surface area is 136 Å². The van der Waals surface area contributed by atoms with E-state index in [-0.39, 0.29) is 0 Å². The molecule has 0 aliphatic rings. The highest BCUT2D eigenvalue weighted by molar-refractivity contribution is 9.10. The van der Waals surface area contributed by atoms with Crippen molar-refractivity contribution in [3.8, 4) is 0 Å². The number of nitrogens with one attached hydrogen (secondary N) is 1. The van der Waals surface area contributed by atoms with Crippen molar-refractivity contribution < 1.29 is 0 Å². The third-order valence-electron chi connectivity index (χ3n) is 3.58. The van der Waals surface area contributed by atoms with E-state index in [1.165, 1.54) is 16.7 Å². The van der Waals surface area contributed by atoms with Crippen molar-refractivity contribution in [1.29, 1.82) is 0 Å². The van der Waals surface area contributed by atoms with Gasteiger partial charge in [0.25, 0.3) is 0 Å². The van der Waals surface area contributed by atoms with Gasteiger partial charge in [0, 0.05) is 23.6 Å². The maximum absolute atomic E-state index is 3.62. The van der Waals surface area contributed by atoms with Gasteiger partial charge in [-0.2, -0.15) is 0 Å². The first-order valence-electron chi connectivity index (χ1n) is 7.27. The van der Waals surface area contributed by atoms with Gasteiger partial charge in [0.05, 0.1) is 0 Å². The molecule has 1 atom stereocenters. The fourth-order valence-electron chi connectivity index (χ4n) is 2.42. The highest BCUT2D eigenvalue weighted by Crippen LogP contribution is 2.23. The van der Waals surface area contributed by atoms with E-state index in [2.05, 4.69) is 89.6 Å². The zero-order chi connectivity index (χ0) is 15.2. The van der Waals surface area contributed by atoms with Crippen LogP contribution in [0, 0.1) is 0 Å². The molecule has 21 heavy (non-hydrogen) atoms. The summed E-state index contributed by atoms with van der Waals surface area (Å²) < 4.78 is 1.16. The Morgan fingerprint density at radius 3 is 2.29 bits per heavy atom. The molecule has 2 rings (SSSR count). The number of hydrogen-bond acceptors (Lipinski definition) is 2. The summed E-state index contributed by atoms with van der Waals surface area (Å²) in [4.78, 5) is 2.20. The van der Waals surface area contributed by atoms with Crippen LogP contribution in [0.25, 0.3) is 0 Å². The molecule has 2 aromatic rings. The summed E-state index contributed by atoms with van der Waals surface area (Å²) in [6, 6.07) is 17.3. The zero-order valence-corrected chi connectivity index (χ0v) is 14.5. The lowest BCUT2D eigenvalue weighted by atomic mass is 10.1. The first-order valence-corrected chi connectivity index (χ1v) is 8.06. The van der Waals surface area contributed by atoms with Gasteiger partial charge in [0.1, 0.15) is 0 Å². The molecule has 0 saturated carbocycles. The van der Waals surface area contributed by atoms with E-state index in [0.29, 0.717) is 6.04 Å². The first kappa shape index (κ1) is 16.2. The SMILES string of the molecule is CC(NCc1ccccc1CN(C)C)c1ccccc1Br. The molecule has 0 bridgehead atoms. The number of rotatable bonds is 6. The zero-order valence-electron chi connectivity index (χ0n) is 12.9. The number of hydrogen-bond donors (Lipinski definition) is 1. The molecular weight excluding hydrogens is 324 g/mol. The molecule has 0 spiro atoms. The highest BCUT2D eigenvalue weighted by Gasteiger charge is 2.09. The van der Waals surface area contributed by atoms with Crippen LogP contribution < -0.4 is 5.32 Å². The molecule has 0 aliphatic carbocycles. The van der Waals surface area contributed by atoms with Crippen LogP contribution in [-0.2, 0) is 13.1 Å². The van der Waals surface area contributed by atoms with Crippen LogP contribution in [-0.4, -0.2) is 19.0 Å². The minimum absolute atomic E-state index is 0.313. The minimum atomic E-state index is 0.313. The average Bonchev–Trinajstić information content (AvgIpc) is 2.46. The molecule has 0 amide bonds. The van der Waals surface area contributed by atoms with E-state index in [0.717, 1.165) is 17.6 Å². The van der Waals surface area contributed by atoms with Crippen LogP contribution in [0.15, 0.2) is 53.0 Å². The second-order valence-electron chi connectivity index (χ2n) is 5.63. The van der Waals surface area contributed by atoms with Crippen LogP contribution >= 0.6 is 15.9 Å². The van der Waals surface area contributed by atoms with Crippen molar-refractivity contribution in [3.63, 3.8) is 0 Å². The summed E-state index contributed by atoms with van der Waals surface area (Å²) in [6.45, 7) is 4.06. The quantitative estimate of drug-likeness (QED) is 0.835. The van der Waals surface area contributed by atoms with Gasteiger partial charge < -0.3 is 10.2 Å². The van der Waals surface area contributed by atoms with E-state index in [9.17, 15) is 0 Å². The normalized spacial score (nSPS) is 12.6. The number of halogens is 1. The molecule has 2 nitrogen and oxygen atoms in total. The first-order chi connectivity index (χ1) is 10.1. The lowest BCUT2D eigenvalue weighted by Gasteiger charge is -2.18. The van der Waals surface area contributed by atoms with Crippen molar-refractivity contribution in [2.75, 3.05) is 14.1 Å². The molecule has 2 aromatic carbocycles. The lowest BCUT2D eigenvalue weighted by Crippen LogP contribution is -2.20. The molecule has 0 aromatic heterocycles. The van der Waals surface area contributed by atoms with E-state index in [1.807, 2.05) is 6.07 Å². The average molecular weight is 347 g/mol. The summed E-state index contributed by atoms with van der Waals surface area (Å²) in [6.07, 6.45) is 0. The van der Waals surface area contributed by atoms with Crippen LogP contribution in [0.1, 0.15) is 29.7 Å². The van der Waals surface area contributed by atoms with E-state index in [1.54, 1.807) is 0 Å². The molecule has 112 valence electrons. The largest absolute Gasteiger partial charge is 0.306 e. The third-order valence-corrected chi connectivity index (χ3v) is 4.30. The summed E-state index contributed by atoms with van der Waals surface area (Å²) in [5, 5.41) is 3.62. The molecule has 1 N–H and O–H groups in total. The molecule has 0 heterocycles. The predicted octanol–water partition coefficient (Wildman–Crippen LogP) is 4.36. The highest BCUT2D eigenvalue weighted by atomic mass is 79.9. The minimum Gasteiger partial charge on any atom is -0.306 e. The molecule has 0 saturated heterocycles. The number of nitrogens with zero attached hydrogens (tertiary/aromatic N) is 1.